The summed E-state index contributed by atoms with van der Waals surface area (Å²) >= 11 is -6.00. The van der Waals surface area contributed by atoms with E-state index in [9.17, 15) is 22.2 Å². The van der Waals surface area contributed by atoms with Gasteiger partial charge >= 0.3 is 48.9 Å². The second kappa shape index (κ2) is 61.4. The molecular formula is C4H15F6Fe2. The molecule has 0 N–H and O–H groups in total. The zero-order valence-corrected chi connectivity index (χ0v) is 6.18. The summed E-state index contributed by atoms with van der Waals surface area (Å²) in [6.45, 7) is 0. The summed E-state index contributed by atoms with van der Waals surface area (Å²) in [5, 5.41) is 0. The van der Waals surface area contributed by atoms with Crippen molar-refractivity contribution < 1.29 is 53.3 Å². The van der Waals surface area contributed by atoms with E-state index >= 15 is 0 Å². The van der Waals surface area contributed by atoms with Gasteiger partial charge in [0.25, 0.3) is 0 Å². The molecule has 0 aromatic carbocycles. The van der Waals surface area contributed by atoms with Gasteiger partial charge in [-0.05, 0) is 0 Å². The van der Waals surface area contributed by atoms with Crippen molar-refractivity contribution in [2.24, 2.45) is 0 Å². The van der Waals surface area contributed by atoms with Crippen molar-refractivity contribution in [3.8, 4) is 0 Å². The van der Waals surface area contributed by atoms with Crippen molar-refractivity contribution in [1.82, 2.24) is 0 Å². The third kappa shape index (κ3) is 2560. The molecule has 0 aromatic heterocycles. The predicted octanol–water partition coefficient (Wildman–Crippen LogP) is 4.59. The fourth-order valence-electron chi connectivity index (χ4n) is 0. The Balaban J connectivity index is -0.0000000105. The van der Waals surface area contributed by atoms with E-state index in [1.54, 1.807) is 0 Å². The molecule has 0 saturated heterocycles. The molecule has 0 radical (unpaired) electrons. The molecule has 0 nitrogen and oxygen atoms in total. The molecule has 0 spiro atoms. The molecular weight excluding hydrogens is 274 g/mol. The Labute approximate surface area is 83.1 Å². The van der Waals surface area contributed by atoms with Crippen LogP contribution in [-0.2, 0) is 31.1 Å². The van der Waals surface area contributed by atoms with Gasteiger partial charge in [-0.3, -0.25) is 4.39 Å². The molecule has 0 unspecified atom stereocenters. The topological polar surface area (TPSA) is 0 Å². The first kappa shape index (κ1) is 38.9. The van der Waals surface area contributed by atoms with Gasteiger partial charge in [0.15, 0.2) is 0 Å². The molecule has 0 rings (SSSR count). The molecule has 0 bridgehead atoms. The zero-order chi connectivity index (χ0) is 8.28. The summed E-state index contributed by atoms with van der Waals surface area (Å²) in [6.07, 6.45) is 0. The molecule has 0 heterocycles. The summed E-state index contributed by atoms with van der Waals surface area (Å²) in [5.74, 6) is 0. The molecule has 0 fully saturated rings. The maximum absolute atomic E-state index is 9.75. The summed E-state index contributed by atoms with van der Waals surface area (Å²) < 4.78 is 58.0. The summed E-state index contributed by atoms with van der Waals surface area (Å²) in [4.78, 5) is 0. The van der Waals surface area contributed by atoms with E-state index in [4.69, 9.17) is 0 Å². The Hall–Kier alpha value is 0.619. The molecule has 0 amide bonds. The third-order valence-electron chi connectivity index (χ3n) is 0. The number of rotatable bonds is 0. The fraction of sp³-hybridized carbons (Fsp3) is 1.00. The second-order valence-electron chi connectivity index (χ2n) is 0.202. The van der Waals surface area contributed by atoms with E-state index in [0.29, 0.717) is 7.18 Å². The molecule has 0 saturated carbocycles. The van der Waals surface area contributed by atoms with Gasteiger partial charge in [-0.2, -0.15) is 0 Å². The minimum absolute atomic E-state index is 0. The maximum atomic E-state index is 9.75. The molecule has 0 aromatic rings. The van der Waals surface area contributed by atoms with E-state index < -0.39 is 31.1 Å². The van der Waals surface area contributed by atoms with Gasteiger partial charge in [-0.15, -0.1) is 0 Å². The van der Waals surface area contributed by atoms with E-state index in [1.165, 1.54) is 0 Å². The van der Waals surface area contributed by atoms with Crippen molar-refractivity contribution in [2.45, 2.75) is 22.3 Å². The van der Waals surface area contributed by atoms with Crippen molar-refractivity contribution in [3.05, 3.63) is 0 Å². The predicted molar refractivity (Wildman–Crippen MR) is 32.8 cm³/mol. The van der Waals surface area contributed by atoms with Gasteiger partial charge in [0.05, 0.1) is 7.18 Å². The van der Waals surface area contributed by atoms with Crippen LogP contribution in [0.3, 0.4) is 0 Å². The van der Waals surface area contributed by atoms with Crippen molar-refractivity contribution in [2.75, 3.05) is 7.18 Å². The number of halogens is 6. The number of hydrogen-bond donors (Lipinski definition) is 0. The normalized spacial score (nSPS) is 6.08. The van der Waals surface area contributed by atoms with Crippen LogP contribution in [0.25, 0.3) is 0 Å². The Morgan fingerprint density at radius 1 is 0.833 bits per heavy atom. The second-order valence-corrected chi connectivity index (χ2v) is 0.833. The quantitative estimate of drug-likeness (QED) is 0.452. The van der Waals surface area contributed by atoms with E-state index in [1.807, 2.05) is 0 Å². The zero-order valence-electron chi connectivity index (χ0n) is 3.97. The van der Waals surface area contributed by atoms with Crippen molar-refractivity contribution >= 4 is 0 Å². The van der Waals surface area contributed by atoms with E-state index in [-0.39, 0.29) is 22.3 Å². The van der Waals surface area contributed by atoms with Crippen molar-refractivity contribution in [1.29, 1.82) is 0 Å². The standard InChI is InChI=1S/CH3F.3CH4.5FH.2Fe/c1-2;;;;;;;;;;/h1H3;3*1H4;5*1H;;/q;;;;;;;;;+2;+3/p-5. The van der Waals surface area contributed by atoms with Gasteiger partial charge in [0.1, 0.15) is 0 Å². The molecule has 0 aliphatic carbocycles. The summed E-state index contributed by atoms with van der Waals surface area (Å²) in [7, 11) is 0.500. The van der Waals surface area contributed by atoms with Crippen molar-refractivity contribution in [3.63, 3.8) is 0 Å². The first-order chi connectivity index (χ1) is 4.15. The average Bonchev–Trinajstić information content (AvgIpc) is 1.71. The van der Waals surface area contributed by atoms with Crippen LogP contribution in [0, 0.1) is 0 Å². The molecule has 89 valence electrons. The van der Waals surface area contributed by atoms with Crippen LogP contribution >= 0.6 is 0 Å². The van der Waals surface area contributed by atoms with Crippen LogP contribution in [-0.4, -0.2) is 7.18 Å². The molecule has 12 heavy (non-hydrogen) atoms. The van der Waals surface area contributed by atoms with E-state index in [0.717, 1.165) is 0 Å². The minimum atomic E-state index is -4.25. The monoisotopic (exact) mass is 289 g/mol. The van der Waals surface area contributed by atoms with Gasteiger partial charge in [0, 0.05) is 0 Å². The van der Waals surface area contributed by atoms with Gasteiger partial charge in [0.2, 0.25) is 0 Å². The summed E-state index contributed by atoms with van der Waals surface area (Å²) in [5.41, 5.74) is 0. The van der Waals surface area contributed by atoms with Crippen LogP contribution < -0.4 is 0 Å². The van der Waals surface area contributed by atoms with E-state index in [2.05, 4.69) is 0 Å². The van der Waals surface area contributed by atoms with Gasteiger partial charge in [-0.25, -0.2) is 0 Å². The molecule has 0 aliphatic rings. The number of hydrogen-bond acceptors (Lipinski definition) is 0. The molecule has 0 aliphatic heterocycles. The average molecular weight is 289 g/mol. The SMILES string of the molecule is C.C.C.CF.[F][Fe]([F])[F].[F][Fe][F]. The van der Waals surface area contributed by atoms with Crippen LogP contribution in [0.4, 0.5) is 22.2 Å². The van der Waals surface area contributed by atoms with Crippen LogP contribution in [0.5, 0.6) is 0 Å². The first-order valence-corrected chi connectivity index (χ1v) is 3.13. The van der Waals surface area contributed by atoms with Gasteiger partial charge in [-0.1, -0.05) is 22.3 Å². The third-order valence-corrected chi connectivity index (χ3v) is 0. The van der Waals surface area contributed by atoms with Gasteiger partial charge < -0.3 is 0 Å². The Morgan fingerprint density at radius 3 is 0.833 bits per heavy atom. The summed E-state index contributed by atoms with van der Waals surface area (Å²) in [6, 6.07) is 0. The molecule has 8 heteroatoms. The first-order valence-electron chi connectivity index (χ1n) is 1.05. The Bertz CT molecular complexity index is 28.8. The molecule has 0 atom stereocenters. The van der Waals surface area contributed by atoms with Crippen LogP contribution in [0.1, 0.15) is 22.3 Å². The Kier molecular flexibility index (Phi) is 199. The Morgan fingerprint density at radius 2 is 0.833 bits per heavy atom. The van der Waals surface area contributed by atoms with Crippen LogP contribution in [0.15, 0.2) is 0 Å². The number of alkyl halides is 1. The van der Waals surface area contributed by atoms with Crippen LogP contribution in [0.2, 0.25) is 0 Å². The fourth-order valence-corrected chi connectivity index (χ4v) is 0.